The summed E-state index contributed by atoms with van der Waals surface area (Å²) in [6.07, 6.45) is 0. The third kappa shape index (κ3) is 2.26. The van der Waals surface area contributed by atoms with Gasteiger partial charge in [-0.25, -0.2) is 4.79 Å². The van der Waals surface area contributed by atoms with Crippen molar-refractivity contribution in [3.05, 3.63) is 0 Å². The predicted molar refractivity (Wildman–Crippen MR) is 51.0 cm³/mol. The van der Waals surface area contributed by atoms with Gasteiger partial charge < -0.3 is 15.3 Å². The van der Waals surface area contributed by atoms with Crippen LogP contribution in [-0.4, -0.2) is 46.9 Å². The molecular formula is C9H14N2O4. The molecule has 84 valence electrons. The fourth-order valence-electron chi connectivity index (χ4n) is 1.64. The highest BCUT2D eigenvalue weighted by Gasteiger charge is 2.37. The first-order chi connectivity index (χ1) is 6.95. The smallest absolute Gasteiger partial charge is 0.326 e. The van der Waals surface area contributed by atoms with Crippen LogP contribution in [0.15, 0.2) is 0 Å². The van der Waals surface area contributed by atoms with E-state index in [1.54, 1.807) is 13.8 Å². The molecule has 6 nitrogen and oxygen atoms in total. The van der Waals surface area contributed by atoms with E-state index in [1.807, 2.05) is 0 Å². The minimum Gasteiger partial charge on any atom is -0.480 e. The summed E-state index contributed by atoms with van der Waals surface area (Å²) in [5.41, 5.74) is 0. The number of carbonyl (C=O) groups excluding carboxylic acids is 2. The van der Waals surface area contributed by atoms with Crippen molar-refractivity contribution in [1.29, 1.82) is 0 Å². The molecule has 0 radical (unpaired) electrons. The number of rotatable bonds is 3. The molecule has 0 aromatic rings. The van der Waals surface area contributed by atoms with Crippen LogP contribution < -0.4 is 5.32 Å². The zero-order valence-electron chi connectivity index (χ0n) is 8.69. The lowest BCUT2D eigenvalue weighted by atomic mass is 10.0. The molecule has 1 fully saturated rings. The number of piperazine rings is 1. The van der Waals surface area contributed by atoms with E-state index in [0.717, 1.165) is 4.90 Å². The van der Waals surface area contributed by atoms with Crippen LogP contribution in [-0.2, 0) is 14.4 Å². The van der Waals surface area contributed by atoms with Gasteiger partial charge in [0.15, 0.2) is 0 Å². The monoisotopic (exact) mass is 214 g/mol. The zero-order valence-corrected chi connectivity index (χ0v) is 8.69. The van der Waals surface area contributed by atoms with Gasteiger partial charge in [0.05, 0.1) is 0 Å². The number of carboxylic acids is 1. The SMILES string of the molecule is CC(C)[C@@H](C(=O)O)N1CCNC(=O)C1=O. The fourth-order valence-corrected chi connectivity index (χ4v) is 1.64. The van der Waals surface area contributed by atoms with E-state index in [4.69, 9.17) is 5.11 Å². The first kappa shape index (κ1) is 11.5. The molecule has 1 aliphatic rings. The van der Waals surface area contributed by atoms with Gasteiger partial charge in [-0.3, -0.25) is 9.59 Å². The van der Waals surface area contributed by atoms with E-state index in [-0.39, 0.29) is 12.5 Å². The number of nitrogens with zero attached hydrogens (tertiary/aromatic N) is 1. The molecule has 0 saturated carbocycles. The average Bonchev–Trinajstić information content (AvgIpc) is 2.11. The Morgan fingerprint density at radius 3 is 2.53 bits per heavy atom. The highest BCUT2D eigenvalue weighted by atomic mass is 16.4. The second kappa shape index (κ2) is 4.29. The Balaban J connectivity index is 2.88. The highest BCUT2D eigenvalue weighted by molar-refractivity contribution is 6.35. The molecule has 6 heteroatoms. The molecule has 0 spiro atoms. The van der Waals surface area contributed by atoms with Crippen LogP contribution in [0.3, 0.4) is 0 Å². The van der Waals surface area contributed by atoms with Crippen molar-refractivity contribution in [3.63, 3.8) is 0 Å². The zero-order chi connectivity index (χ0) is 11.6. The maximum atomic E-state index is 11.4. The van der Waals surface area contributed by atoms with E-state index in [2.05, 4.69) is 5.32 Å². The van der Waals surface area contributed by atoms with Crippen molar-refractivity contribution in [3.8, 4) is 0 Å². The maximum Gasteiger partial charge on any atom is 0.326 e. The van der Waals surface area contributed by atoms with Gasteiger partial charge in [0, 0.05) is 13.1 Å². The molecule has 0 unspecified atom stereocenters. The molecule has 0 bridgehead atoms. The van der Waals surface area contributed by atoms with Crippen molar-refractivity contribution in [2.45, 2.75) is 19.9 Å². The maximum absolute atomic E-state index is 11.4. The quantitative estimate of drug-likeness (QED) is 0.593. The molecular weight excluding hydrogens is 200 g/mol. The molecule has 2 amide bonds. The standard InChI is InChI=1S/C9H14N2O4/c1-5(2)6(9(14)15)11-4-3-10-7(12)8(11)13/h5-6H,3-4H2,1-2H3,(H,10,12)(H,14,15)/t6-/m0/s1. The molecule has 1 rings (SSSR count). The summed E-state index contributed by atoms with van der Waals surface area (Å²) in [4.78, 5) is 34.6. The number of carboxylic acid groups (broad SMARTS) is 1. The van der Waals surface area contributed by atoms with Gasteiger partial charge in [-0.05, 0) is 5.92 Å². The van der Waals surface area contributed by atoms with Gasteiger partial charge in [0.25, 0.3) is 0 Å². The molecule has 1 saturated heterocycles. The minimum absolute atomic E-state index is 0.225. The summed E-state index contributed by atoms with van der Waals surface area (Å²) in [5, 5.41) is 11.3. The number of hydrogen-bond donors (Lipinski definition) is 2. The van der Waals surface area contributed by atoms with Crippen molar-refractivity contribution in [1.82, 2.24) is 10.2 Å². The van der Waals surface area contributed by atoms with E-state index >= 15 is 0 Å². The van der Waals surface area contributed by atoms with Crippen LogP contribution in [0.4, 0.5) is 0 Å². The van der Waals surface area contributed by atoms with Gasteiger partial charge >= 0.3 is 17.8 Å². The summed E-state index contributed by atoms with van der Waals surface area (Å²) < 4.78 is 0. The molecule has 0 aromatic carbocycles. The largest absolute Gasteiger partial charge is 0.480 e. The Hall–Kier alpha value is -1.59. The van der Waals surface area contributed by atoms with Gasteiger partial charge in [-0.15, -0.1) is 0 Å². The van der Waals surface area contributed by atoms with Crippen molar-refractivity contribution in [2.24, 2.45) is 5.92 Å². The Morgan fingerprint density at radius 2 is 2.07 bits per heavy atom. The number of nitrogens with one attached hydrogen (secondary N) is 1. The molecule has 0 aliphatic carbocycles. The first-order valence-corrected chi connectivity index (χ1v) is 4.76. The lowest BCUT2D eigenvalue weighted by Gasteiger charge is -2.33. The normalized spacial score (nSPS) is 19.0. The van der Waals surface area contributed by atoms with Gasteiger partial charge in [-0.2, -0.15) is 0 Å². The molecule has 15 heavy (non-hydrogen) atoms. The number of hydrogen-bond acceptors (Lipinski definition) is 3. The van der Waals surface area contributed by atoms with Crippen molar-refractivity contribution >= 4 is 17.8 Å². The summed E-state index contributed by atoms with van der Waals surface area (Å²) >= 11 is 0. The van der Waals surface area contributed by atoms with Gasteiger partial charge in [0.1, 0.15) is 6.04 Å². The van der Waals surface area contributed by atoms with E-state index in [1.165, 1.54) is 0 Å². The van der Waals surface area contributed by atoms with Crippen LogP contribution in [0.1, 0.15) is 13.8 Å². The van der Waals surface area contributed by atoms with E-state index in [0.29, 0.717) is 6.54 Å². The van der Waals surface area contributed by atoms with Crippen LogP contribution in [0.25, 0.3) is 0 Å². The molecule has 1 heterocycles. The Morgan fingerprint density at radius 1 is 1.47 bits per heavy atom. The van der Waals surface area contributed by atoms with E-state index in [9.17, 15) is 14.4 Å². The fraction of sp³-hybridized carbons (Fsp3) is 0.667. The Kier molecular flexibility index (Phi) is 3.28. The van der Waals surface area contributed by atoms with Crippen molar-refractivity contribution < 1.29 is 19.5 Å². The minimum atomic E-state index is -1.08. The molecule has 1 aliphatic heterocycles. The first-order valence-electron chi connectivity index (χ1n) is 4.76. The van der Waals surface area contributed by atoms with E-state index < -0.39 is 23.8 Å². The third-order valence-electron chi connectivity index (χ3n) is 2.31. The van der Waals surface area contributed by atoms with Crippen LogP contribution >= 0.6 is 0 Å². The lowest BCUT2D eigenvalue weighted by molar-refractivity contribution is -0.158. The van der Waals surface area contributed by atoms with Crippen LogP contribution in [0.2, 0.25) is 0 Å². The molecule has 0 aromatic heterocycles. The summed E-state index contributed by atoms with van der Waals surface area (Å²) in [7, 11) is 0. The second-order valence-electron chi connectivity index (χ2n) is 3.78. The average molecular weight is 214 g/mol. The number of aliphatic carboxylic acids is 1. The number of amides is 2. The summed E-state index contributed by atoms with van der Waals surface area (Å²) in [6.45, 7) is 3.97. The second-order valence-corrected chi connectivity index (χ2v) is 3.78. The molecule has 1 atom stereocenters. The summed E-state index contributed by atoms with van der Waals surface area (Å²) in [5.74, 6) is -2.79. The Labute approximate surface area is 87.2 Å². The highest BCUT2D eigenvalue weighted by Crippen LogP contribution is 2.13. The van der Waals surface area contributed by atoms with Gasteiger partial charge in [0.2, 0.25) is 0 Å². The molecule has 2 N–H and O–H groups in total. The predicted octanol–water partition coefficient (Wildman–Crippen LogP) is -0.946. The Bertz CT molecular complexity index is 300. The van der Waals surface area contributed by atoms with Gasteiger partial charge in [-0.1, -0.05) is 13.8 Å². The third-order valence-corrected chi connectivity index (χ3v) is 2.31. The summed E-state index contributed by atoms with van der Waals surface area (Å²) in [6, 6.07) is -0.927. The number of carbonyl (C=O) groups is 3. The van der Waals surface area contributed by atoms with Crippen LogP contribution in [0, 0.1) is 5.92 Å². The lowest BCUT2D eigenvalue weighted by Crippen LogP contribution is -2.59. The van der Waals surface area contributed by atoms with Crippen molar-refractivity contribution in [2.75, 3.05) is 13.1 Å². The van der Waals surface area contributed by atoms with Crippen LogP contribution in [0.5, 0.6) is 0 Å². The topological polar surface area (TPSA) is 86.7 Å².